The molecular formula is C13H17N3O. The number of nitrogens with zero attached hydrogens (tertiary/aromatic N) is 1. The molecule has 1 aromatic rings. The zero-order chi connectivity index (χ0) is 12.7. The van der Waals surface area contributed by atoms with Crippen LogP contribution in [0.25, 0.3) is 0 Å². The number of nitrogens with one attached hydrogen (secondary N) is 2. The van der Waals surface area contributed by atoms with Crippen molar-refractivity contribution in [2.24, 2.45) is 0 Å². The summed E-state index contributed by atoms with van der Waals surface area (Å²) in [7, 11) is 1.72. The van der Waals surface area contributed by atoms with Gasteiger partial charge >= 0.3 is 6.03 Å². The van der Waals surface area contributed by atoms with Crippen molar-refractivity contribution < 1.29 is 4.79 Å². The maximum atomic E-state index is 11.5. The van der Waals surface area contributed by atoms with Gasteiger partial charge in [-0.1, -0.05) is 17.7 Å². The van der Waals surface area contributed by atoms with E-state index in [0.717, 1.165) is 16.7 Å². The highest BCUT2D eigenvalue weighted by Crippen LogP contribution is 2.30. The van der Waals surface area contributed by atoms with Gasteiger partial charge in [0.05, 0.1) is 0 Å². The molecule has 1 fully saturated rings. The molecule has 90 valence electrons. The SMILES string of the molecule is Cc1cc(C)c(C2C(=N)NC(=O)N2C)c(C)c1. The lowest BCUT2D eigenvalue weighted by Gasteiger charge is -2.22. The number of hydrogen-bond acceptors (Lipinski definition) is 2. The Labute approximate surface area is 101 Å². The number of benzene rings is 1. The lowest BCUT2D eigenvalue weighted by atomic mass is 9.93. The Morgan fingerprint density at radius 1 is 1.24 bits per heavy atom. The van der Waals surface area contributed by atoms with E-state index < -0.39 is 0 Å². The highest BCUT2D eigenvalue weighted by atomic mass is 16.2. The Balaban J connectivity index is 2.54. The van der Waals surface area contributed by atoms with Gasteiger partial charge in [-0.2, -0.15) is 0 Å². The second kappa shape index (κ2) is 3.87. The molecule has 1 aromatic carbocycles. The summed E-state index contributed by atoms with van der Waals surface area (Å²) in [4.78, 5) is 13.1. The summed E-state index contributed by atoms with van der Waals surface area (Å²) in [6.07, 6.45) is 0. The molecule has 2 amide bonds. The van der Waals surface area contributed by atoms with Gasteiger partial charge in [0.1, 0.15) is 11.9 Å². The van der Waals surface area contributed by atoms with E-state index in [4.69, 9.17) is 5.41 Å². The molecule has 17 heavy (non-hydrogen) atoms. The van der Waals surface area contributed by atoms with Gasteiger partial charge in [0.2, 0.25) is 0 Å². The number of amidine groups is 1. The number of hydrogen-bond donors (Lipinski definition) is 2. The molecule has 4 heteroatoms. The van der Waals surface area contributed by atoms with Crippen molar-refractivity contribution in [3.8, 4) is 0 Å². The molecule has 1 heterocycles. The molecule has 0 bridgehead atoms. The molecule has 1 saturated heterocycles. The number of aryl methyl sites for hydroxylation is 3. The quantitative estimate of drug-likeness (QED) is 0.765. The molecule has 0 aliphatic carbocycles. The maximum absolute atomic E-state index is 11.5. The normalized spacial score (nSPS) is 19.8. The van der Waals surface area contributed by atoms with Crippen molar-refractivity contribution in [3.05, 3.63) is 34.4 Å². The number of likely N-dealkylation sites (N-methyl/N-ethyl adjacent to an activating group) is 1. The van der Waals surface area contributed by atoms with E-state index in [0.29, 0.717) is 0 Å². The fraction of sp³-hybridized carbons (Fsp3) is 0.385. The summed E-state index contributed by atoms with van der Waals surface area (Å²) in [6, 6.07) is 3.70. The molecular weight excluding hydrogens is 214 g/mol. The number of amides is 2. The summed E-state index contributed by atoms with van der Waals surface area (Å²) < 4.78 is 0. The first-order chi connectivity index (χ1) is 7.91. The minimum absolute atomic E-state index is 0.209. The molecule has 1 unspecified atom stereocenters. The molecule has 4 nitrogen and oxygen atoms in total. The number of carbonyl (C=O) groups excluding carboxylic acids is 1. The zero-order valence-electron chi connectivity index (χ0n) is 10.6. The summed E-state index contributed by atoms with van der Waals surface area (Å²) in [5, 5.41) is 10.4. The van der Waals surface area contributed by atoms with Crippen LogP contribution in [0.1, 0.15) is 28.3 Å². The van der Waals surface area contributed by atoms with Crippen molar-refractivity contribution >= 4 is 11.9 Å². The van der Waals surface area contributed by atoms with E-state index in [1.165, 1.54) is 5.56 Å². The molecule has 2 N–H and O–H groups in total. The zero-order valence-corrected chi connectivity index (χ0v) is 10.6. The van der Waals surface area contributed by atoms with Gasteiger partial charge in [-0.25, -0.2) is 4.79 Å². The van der Waals surface area contributed by atoms with E-state index in [1.54, 1.807) is 11.9 Å². The predicted octanol–water partition coefficient (Wildman–Crippen LogP) is 2.29. The highest BCUT2D eigenvalue weighted by molar-refractivity contribution is 6.06. The van der Waals surface area contributed by atoms with E-state index in [-0.39, 0.29) is 17.9 Å². The van der Waals surface area contributed by atoms with E-state index in [1.807, 2.05) is 13.8 Å². The van der Waals surface area contributed by atoms with Crippen LogP contribution in [-0.2, 0) is 0 Å². The third kappa shape index (κ3) is 1.79. The van der Waals surface area contributed by atoms with Crippen LogP contribution in [0.3, 0.4) is 0 Å². The second-order valence-corrected chi connectivity index (χ2v) is 4.67. The Morgan fingerprint density at radius 2 is 1.76 bits per heavy atom. The number of rotatable bonds is 1. The van der Waals surface area contributed by atoms with Gasteiger partial charge in [-0.3, -0.25) is 10.7 Å². The lowest BCUT2D eigenvalue weighted by molar-refractivity contribution is 0.217. The van der Waals surface area contributed by atoms with Crippen LogP contribution in [0.2, 0.25) is 0 Å². The predicted molar refractivity (Wildman–Crippen MR) is 67.4 cm³/mol. The van der Waals surface area contributed by atoms with Gasteiger partial charge in [0.15, 0.2) is 0 Å². The number of urea groups is 1. The van der Waals surface area contributed by atoms with E-state index in [2.05, 4.69) is 24.4 Å². The molecule has 1 atom stereocenters. The summed E-state index contributed by atoms with van der Waals surface area (Å²) >= 11 is 0. The summed E-state index contributed by atoms with van der Waals surface area (Å²) in [5.74, 6) is 0.257. The molecule has 1 aliphatic rings. The minimum atomic E-state index is -0.275. The van der Waals surface area contributed by atoms with Gasteiger partial charge in [-0.05, 0) is 37.5 Å². The van der Waals surface area contributed by atoms with Crippen LogP contribution in [-0.4, -0.2) is 23.8 Å². The van der Waals surface area contributed by atoms with Gasteiger partial charge in [0, 0.05) is 7.05 Å². The van der Waals surface area contributed by atoms with E-state index in [9.17, 15) is 4.79 Å². The smallest absolute Gasteiger partial charge is 0.313 e. The van der Waals surface area contributed by atoms with Crippen molar-refractivity contribution in [1.82, 2.24) is 10.2 Å². The van der Waals surface area contributed by atoms with Crippen molar-refractivity contribution in [2.45, 2.75) is 26.8 Å². The molecule has 0 saturated carbocycles. The highest BCUT2D eigenvalue weighted by Gasteiger charge is 2.35. The standard InChI is InChI=1S/C13H17N3O/c1-7-5-8(2)10(9(3)6-7)11-12(14)15-13(17)16(11)4/h5-6,11H,1-4H3,(H2,14,15,17). The molecule has 1 aliphatic heterocycles. The molecule has 0 spiro atoms. The Kier molecular flexibility index (Phi) is 2.65. The third-order valence-corrected chi connectivity index (χ3v) is 3.23. The molecule has 0 aromatic heterocycles. The van der Waals surface area contributed by atoms with Gasteiger partial charge in [-0.15, -0.1) is 0 Å². The number of carbonyl (C=O) groups is 1. The fourth-order valence-electron chi connectivity index (χ4n) is 2.54. The summed E-state index contributed by atoms with van der Waals surface area (Å²) in [6.45, 7) is 6.11. The van der Waals surface area contributed by atoms with Crippen molar-refractivity contribution in [3.63, 3.8) is 0 Å². The summed E-state index contributed by atoms with van der Waals surface area (Å²) in [5.41, 5.74) is 4.51. The Bertz CT molecular complexity index is 484. The van der Waals surface area contributed by atoms with Gasteiger partial charge < -0.3 is 4.90 Å². The first-order valence-corrected chi connectivity index (χ1v) is 5.62. The first kappa shape index (κ1) is 11.6. The second-order valence-electron chi connectivity index (χ2n) is 4.67. The van der Waals surface area contributed by atoms with Crippen LogP contribution in [0, 0.1) is 26.2 Å². The van der Waals surface area contributed by atoms with Crippen LogP contribution in [0.15, 0.2) is 12.1 Å². The van der Waals surface area contributed by atoms with Crippen LogP contribution < -0.4 is 5.32 Å². The topological polar surface area (TPSA) is 56.2 Å². The Hall–Kier alpha value is -1.84. The average Bonchev–Trinajstić information content (AvgIpc) is 2.43. The maximum Gasteiger partial charge on any atom is 0.323 e. The fourth-order valence-corrected chi connectivity index (χ4v) is 2.54. The first-order valence-electron chi connectivity index (χ1n) is 5.62. The van der Waals surface area contributed by atoms with Crippen LogP contribution in [0.5, 0.6) is 0 Å². The molecule has 0 radical (unpaired) electrons. The Morgan fingerprint density at radius 3 is 2.18 bits per heavy atom. The van der Waals surface area contributed by atoms with Crippen LogP contribution in [0.4, 0.5) is 4.79 Å². The largest absolute Gasteiger partial charge is 0.323 e. The van der Waals surface area contributed by atoms with Crippen molar-refractivity contribution in [1.29, 1.82) is 5.41 Å². The minimum Gasteiger partial charge on any atom is -0.313 e. The molecule has 2 rings (SSSR count). The van der Waals surface area contributed by atoms with E-state index >= 15 is 0 Å². The van der Waals surface area contributed by atoms with Crippen LogP contribution >= 0.6 is 0 Å². The third-order valence-electron chi connectivity index (χ3n) is 3.23. The monoisotopic (exact) mass is 231 g/mol. The average molecular weight is 231 g/mol. The van der Waals surface area contributed by atoms with Crippen molar-refractivity contribution in [2.75, 3.05) is 7.05 Å². The van der Waals surface area contributed by atoms with Gasteiger partial charge in [0.25, 0.3) is 0 Å². The lowest BCUT2D eigenvalue weighted by Crippen LogP contribution is -2.25.